The minimum atomic E-state index is 0.691. The first-order valence-corrected chi connectivity index (χ1v) is 18.6. The molecule has 5 nitrogen and oxygen atoms in total. The molecule has 0 unspecified atom stereocenters. The quantitative estimate of drug-likeness (QED) is 0.173. The highest BCUT2D eigenvalue weighted by atomic mass is 15.1. The van der Waals surface area contributed by atoms with Gasteiger partial charge in [-0.2, -0.15) is 0 Å². The Morgan fingerprint density at radius 1 is 0.291 bits per heavy atom. The van der Waals surface area contributed by atoms with Gasteiger partial charge < -0.3 is 13.7 Å². The van der Waals surface area contributed by atoms with Crippen LogP contribution in [0.2, 0.25) is 0 Å². The molecule has 11 aromatic rings. The molecule has 0 fully saturated rings. The Kier molecular flexibility index (Phi) is 7.10. The molecule has 0 aliphatic carbocycles. The zero-order valence-corrected chi connectivity index (χ0v) is 29.8. The summed E-state index contributed by atoms with van der Waals surface area (Å²) in [7, 11) is 0. The second-order valence-electron chi connectivity index (χ2n) is 13.8. The maximum atomic E-state index is 5.11. The van der Waals surface area contributed by atoms with Crippen LogP contribution in [0.15, 0.2) is 200 Å². The number of nitrogens with zero attached hydrogens (tertiary/aromatic N) is 5. The average Bonchev–Trinajstić information content (AvgIpc) is 3.90. The van der Waals surface area contributed by atoms with Crippen LogP contribution in [0.25, 0.3) is 94.8 Å². The average molecular weight is 704 g/mol. The van der Waals surface area contributed by atoms with Gasteiger partial charge in [-0.3, -0.25) is 0 Å². The van der Waals surface area contributed by atoms with E-state index in [1.54, 1.807) is 0 Å². The van der Waals surface area contributed by atoms with Crippen molar-refractivity contribution in [2.45, 2.75) is 0 Å². The Balaban J connectivity index is 1.19. The largest absolute Gasteiger partial charge is 0.306 e. The summed E-state index contributed by atoms with van der Waals surface area (Å²) in [4.78, 5) is 10.2. The third-order valence-electron chi connectivity index (χ3n) is 10.6. The summed E-state index contributed by atoms with van der Waals surface area (Å²) in [6, 6.07) is 70.5. The summed E-state index contributed by atoms with van der Waals surface area (Å²) < 4.78 is 7.34. The van der Waals surface area contributed by atoms with Gasteiger partial charge in [0.25, 0.3) is 0 Å². The van der Waals surface area contributed by atoms with Crippen LogP contribution in [0.5, 0.6) is 0 Å². The van der Waals surface area contributed by atoms with E-state index in [0.717, 1.165) is 61.7 Å². The van der Waals surface area contributed by atoms with Gasteiger partial charge in [-0.05, 0) is 66.7 Å². The lowest BCUT2D eigenvalue weighted by atomic mass is 10.1. The molecule has 0 spiro atoms. The molecular formula is C50H33N5. The number of hydrogen-bond donors (Lipinski definition) is 0. The predicted molar refractivity (Wildman–Crippen MR) is 226 cm³/mol. The van der Waals surface area contributed by atoms with Crippen molar-refractivity contribution in [1.82, 2.24) is 23.7 Å². The first-order valence-electron chi connectivity index (χ1n) is 18.6. The maximum Gasteiger partial charge on any atom is 0.160 e. The van der Waals surface area contributed by atoms with Crippen molar-refractivity contribution in [3.63, 3.8) is 0 Å². The van der Waals surface area contributed by atoms with Crippen molar-refractivity contribution in [3.05, 3.63) is 200 Å². The first-order chi connectivity index (χ1) is 27.3. The van der Waals surface area contributed by atoms with E-state index in [4.69, 9.17) is 9.97 Å². The summed E-state index contributed by atoms with van der Waals surface area (Å²) in [5.74, 6) is 0.691. The molecule has 0 saturated carbocycles. The van der Waals surface area contributed by atoms with E-state index in [2.05, 4.69) is 202 Å². The number of rotatable bonds is 6. The summed E-state index contributed by atoms with van der Waals surface area (Å²) >= 11 is 0. The van der Waals surface area contributed by atoms with Gasteiger partial charge in [0, 0.05) is 44.5 Å². The van der Waals surface area contributed by atoms with Crippen LogP contribution >= 0.6 is 0 Å². The molecule has 0 bridgehead atoms. The molecule has 4 heterocycles. The van der Waals surface area contributed by atoms with E-state index in [9.17, 15) is 0 Å². The van der Waals surface area contributed by atoms with Crippen LogP contribution in [-0.4, -0.2) is 23.7 Å². The Morgan fingerprint density at radius 3 is 1.15 bits per heavy atom. The van der Waals surface area contributed by atoms with Crippen LogP contribution in [0.3, 0.4) is 0 Å². The third kappa shape index (κ3) is 4.94. The summed E-state index contributed by atoms with van der Waals surface area (Å²) in [6.45, 7) is 0. The zero-order chi connectivity index (χ0) is 36.3. The highest BCUT2D eigenvalue weighted by Crippen LogP contribution is 2.45. The summed E-state index contributed by atoms with van der Waals surface area (Å²) in [5, 5.41) is 2.40. The van der Waals surface area contributed by atoms with Crippen molar-refractivity contribution in [2.75, 3.05) is 0 Å². The second-order valence-corrected chi connectivity index (χ2v) is 13.8. The monoisotopic (exact) mass is 703 g/mol. The lowest BCUT2D eigenvalue weighted by Gasteiger charge is -2.12. The number of fused-ring (bicyclic) bond motifs is 7. The third-order valence-corrected chi connectivity index (χ3v) is 10.6. The lowest BCUT2D eigenvalue weighted by Crippen LogP contribution is -1.98. The Labute approximate surface area is 317 Å². The minimum Gasteiger partial charge on any atom is -0.306 e. The molecule has 0 radical (unpaired) electrons. The highest BCUT2D eigenvalue weighted by molar-refractivity contribution is 6.25. The fourth-order valence-corrected chi connectivity index (χ4v) is 8.24. The fourth-order valence-electron chi connectivity index (χ4n) is 8.24. The molecule has 0 aliphatic heterocycles. The molecule has 0 N–H and O–H groups in total. The Morgan fingerprint density at radius 2 is 0.673 bits per heavy atom. The number of aromatic nitrogens is 5. The molecule has 55 heavy (non-hydrogen) atoms. The van der Waals surface area contributed by atoms with Crippen molar-refractivity contribution < 1.29 is 0 Å². The normalized spacial score (nSPS) is 11.6. The highest BCUT2D eigenvalue weighted by Gasteiger charge is 2.27. The molecule has 0 atom stereocenters. The lowest BCUT2D eigenvalue weighted by molar-refractivity contribution is 1.15. The first kappa shape index (κ1) is 31.1. The molecule has 7 aromatic carbocycles. The molecule has 0 amide bonds. The standard InChI is InChI=1S/C50H33N5/c1-5-17-34(18-6-1)42-33-43(35-19-7-2-8-20-35)52-50(51-42)36-29-31-39(32-30-36)54-45-28-16-14-26-41(45)47-49(54)48-46(55(47)38-23-11-4-12-24-38)40-25-13-15-27-44(40)53(48)37-21-9-3-10-22-37/h1-33H. The molecule has 4 aromatic heterocycles. The van der Waals surface area contributed by atoms with Gasteiger partial charge >= 0.3 is 0 Å². The van der Waals surface area contributed by atoms with Gasteiger partial charge in [0.1, 0.15) is 0 Å². The predicted octanol–water partition coefficient (Wildman–Crippen LogP) is 12.5. The topological polar surface area (TPSA) is 40.6 Å². The Bertz CT molecular complexity index is 3100. The summed E-state index contributed by atoms with van der Waals surface area (Å²) in [5.41, 5.74) is 15.2. The van der Waals surface area contributed by atoms with Crippen molar-refractivity contribution >= 4 is 43.9 Å². The van der Waals surface area contributed by atoms with Crippen LogP contribution in [0.1, 0.15) is 0 Å². The number of hydrogen-bond acceptors (Lipinski definition) is 2. The van der Waals surface area contributed by atoms with Crippen LogP contribution in [0.4, 0.5) is 0 Å². The van der Waals surface area contributed by atoms with Gasteiger partial charge in [-0.15, -0.1) is 0 Å². The van der Waals surface area contributed by atoms with Gasteiger partial charge in [-0.1, -0.05) is 133 Å². The second kappa shape index (κ2) is 12.6. The van der Waals surface area contributed by atoms with Crippen LogP contribution in [-0.2, 0) is 0 Å². The van der Waals surface area contributed by atoms with Crippen LogP contribution in [0, 0.1) is 0 Å². The minimum absolute atomic E-state index is 0.691. The van der Waals surface area contributed by atoms with Gasteiger partial charge in [0.2, 0.25) is 0 Å². The van der Waals surface area contributed by atoms with Crippen LogP contribution < -0.4 is 0 Å². The van der Waals surface area contributed by atoms with Crippen molar-refractivity contribution in [2.24, 2.45) is 0 Å². The van der Waals surface area contributed by atoms with E-state index < -0.39 is 0 Å². The van der Waals surface area contributed by atoms with Gasteiger partial charge in [0.15, 0.2) is 5.82 Å². The van der Waals surface area contributed by atoms with Gasteiger partial charge in [0.05, 0.1) is 44.5 Å². The summed E-state index contributed by atoms with van der Waals surface area (Å²) in [6.07, 6.45) is 0. The molecular weight excluding hydrogens is 671 g/mol. The number of para-hydroxylation sites is 4. The van der Waals surface area contributed by atoms with Crippen molar-refractivity contribution in [3.8, 4) is 51.0 Å². The fraction of sp³-hybridized carbons (Fsp3) is 0. The maximum absolute atomic E-state index is 5.11. The van der Waals surface area contributed by atoms with E-state index in [1.165, 1.54) is 27.3 Å². The number of benzene rings is 7. The molecule has 5 heteroatoms. The van der Waals surface area contributed by atoms with Crippen molar-refractivity contribution in [1.29, 1.82) is 0 Å². The molecule has 0 saturated heterocycles. The molecule has 11 rings (SSSR count). The zero-order valence-electron chi connectivity index (χ0n) is 29.8. The SMILES string of the molecule is c1ccc(-c2cc(-c3ccccc3)nc(-c3ccc(-n4c5ccccc5c5c4c4c(c6ccccc6n4-c4ccccc4)n5-c4ccccc4)cc3)n2)cc1. The smallest absolute Gasteiger partial charge is 0.160 e. The van der Waals surface area contributed by atoms with E-state index >= 15 is 0 Å². The molecule has 258 valence electrons. The van der Waals surface area contributed by atoms with E-state index in [1.807, 2.05) is 12.1 Å². The van der Waals surface area contributed by atoms with Gasteiger partial charge in [-0.25, -0.2) is 9.97 Å². The molecule has 0 aliphatic rings. The van der Waals surface area contributed by atoms with E-state index in [-0.39, 0.29) is 0 Å². The van der Waals surface area contributed by atoms with E-state index in [0.29, 0.717) is 5.82 Å². The Hall–Kier alpha value is -7.50.